The van der Waals surface area contributed by atoms with Gasteiger partial charge in [0.05, 0.1) is 11.3 Å². The van der Waals surface area contributed by atoms with Crippen molar-refractivity contribution >= 4 is 17.7 Å². The lowest BCUT2D eigenvalue weighted by molar-refractivity contribution is 0.0697. The van der Waals surface area contributed by atoms with Crippen molar-refractivity contribution in [3.8, 4) is 0 Å². The third kappa shape index (κ3) is 3.40. The van der Waals surface area contributed by atoms with Gasteiger partial charge in [0.15, 0.2) is 0 Å². The van der Waals surface area contributed by atoms with E-state index < -0.39 is 12.1 Å². The number of carboxylic acid groups (broad SMARTS) is 1. The number of rotatable bonds is 5. The molecule has 0 bridgehead atoms. The standard InChI is InChI=1S/C19H19NO4/c21-18(22)16-11-4-5-12-17(16)20(15-9-6-10-15)19(23)24-13-14-7-2-1-3-8-14/h1-5,7-8,11-12,15H,6,9-10,13H2,(H,21,22). The highest BCUT2D eigenvalue weighted by Crippen LogP contribution is 2.32. The van der Waals surface area contributed by atoms with Crippen molar-refractivity contribution in [2.45, 2.75) is 31.9 Å². The molecule has 3 rings (SSSR count). The summed E-state index contributed by atoms with van der Waals surface area (Å²) in [5, 5.41) is 9.40. The van der Waals surface area contributed by atoms with Gasteiger partial charge in [0.1, 0.15) is 6.61 Å². The lowest BCUT2D eigenvalue weighted by Gasteiger charge is -2.37. The van der Waals surface area contributed by atoms with Crippen LogP contribution in [0.4, 0.5) is 10.5 Å². The summed E-state index contributed by atoms with van der Waals surface area (Å²) in [5.41, 5.74) is 1.40. The zero-order valence-electron chi connectivity index (χ0n) is 13.2. The third-order valence-corrected chi connectivity index (χ3v) is 4.24. The molecule has 5 nitrogen and oxygen atoms in total. The van der Waals surface area contributed by atoms with Gasteiger partial charge in [0, 0.05) is 6.04 Å². The highest BCUT2D eigenvalue weighted by Gasteiger charge is 2.33. The first-order valence-electron chi connectivity index (χ1n) is 7.99. The molecule has 0 atom stereocenters. The predicted octanol–water partition coefficient (Wildman–Crippen LogP) is 4.08. The minimum Gasteiger partial charge on any atom is -0.478 e. The number of carboxylic acids is 1. The molecule has 0 unspecified atom stereocenters. The van der Waals surface area contributed by atoms with Crippen molar-refractivity contribution in [1.29, 1.82) is 0 Å². The first kappa shape index (κ1) is 16.1. The van der Waals surface area contributed by atoms with Crippen LogP contribution >= 0.6 is 0 Å². The monoisotopic (exact) mass is 325 g/mol. The fourth-order valence-corrected chi connectivity index (χ4v) is 2.74. The summed E-state index contributed by atoms with van der Waals surface area (Å²) in [5.74, 6) is -1.05. The maximum Gasteiger partial charge on any atom is 0.414 e. The summed E-state index contributed by atoms with van der Waals surface area (Å²) in [6.45, 7) is 0.165. The molecule has 0 aliphatic heterocycles. The molecule has 5 heteroatoms. The zero-order chi connectivity index (χ0) is 16.9. The largest absolute Gasteiger partial charge is 0.478 e. The zero-order valence-corrected chi connectivity index (χ0v) is 13.2. The minimum absolute atomic E-state index is 0.00577. The van der Waals surface area contributed by atoms with Crippen molar-refractivity contribution in [3.63, 3.8) is 0 Å². The summed E-state index contributed by atoms with van der Waals surface area (Å²) in [4.78, 5) is 25.6. The number of hydrogen-bond donors (Lipinski definition) is 1. The SMILES string of the molecule is O=C(O)c1ccccc1N(C(=O)OCc1ccccc1)C1CCC1. The van der Waals surface area contributed by atoms with Gasteiger partial charge in [-0.2, -0.15) is 0 Å². The number of para-hydroxylation sites is 1. The molecule has 1 N–H and O–H groups in total. The summed E-state index contributed by atoms with van der Waals surface area (Å²) in [6, 6.07) is 16.0. The average molecular weight is 325 g/mol. The summed E-state index contributed by atoms with van der Waals surface area (Å²) in [7, 11) is 0. The quantitative estimate of drug-likeness (QED) is 0.899. The number of carbonyl (C=O) groups is 2. The average Bonchev–Trinajstić information content (AvgIpc) is 2.56. The fraction of sp³-hybridized carbons (Fsp3) is 0.263. The highest BCUT2D eigenvalue weighted by molar-refractivity contribution is 6.00. The molecule has 1 amide bonds. The number of amides is 1. The van der Waals surface area contributed by atoms with Gasteiger partial charge in [-0.15, -0.1) is 0 Å². The van der Waals surface area contributed by atoms with E-state index in [4.69, 9.17) is 4.74 Å². The van der Waals surface area contributed by atoms with Crippen LogP contribution in [0.2, 0.25) is 0 Å². The van der Waals surface area contributed by atoms with Crippen LogP contribution in [0.3, 0.4) is 0 Å². The number of anilines is 1. The number of nitrogens with zero attached hydrogens (tertiary/aromatic N) is 1. The van der Waals surface area contributed by atoms with Crippen LogP contribution < -0.4 is 4.90 Å². The Balaban J connectivity index is 1.82. The van der Waals surface area contributed by atoms with Gasteiger partial charge in [0.25, 0.3) is 0 Å². The van der Waals surface area contributed by atoms with Gasteiger partial charge in [-0.25, -0.2) is 9.59 Å². The third-order valence-electron chi connectivity index (χ3n) is 4.24. The van der Waals surface area contributed by atoms with E-state index in [9.17, 15) is 14.7 Å². The maximum atomic E-state index is 12.6. The van der Waals surface area contributed by atoms with E-state index in [0.29, 0.717) is 5.69 Å². The van der Waals surface area contributed by atoms with Crippen molar-refractivity contribution < 1.29 is 19.4 Å². The first-order chi connectivity index (χ1) is 11.7. The van der Waals surface area contributed by atoms with Crippen LogP contribution in [-0.4, -0.2) is 23.2 Å². The Morgan fingerprint density at radius 3 is 2.33 bits per heavy atom. The number of ether oxygens (including phenoxy) is 1. The van der Waals surface area contributed by atoms with Crippen molar-refractivity contribution in [3.05, 3.63) is 65.7 Å². The van der Waals surface area contributed by atoms with Gasteiger partial charge in [-0.3, -0.25) is 4.90 Å². The summed E-state index contributed by atoms with van der Waals surface area (Å²) < 4.78 is 5.43. The molecule has 0 aromatic heterocycles. The highest BCUT2D eigenvalue weighted by atomic mass is 16.6. The van der Waals surface area contributed by atoms with E-state index in [2.05, 4.69) is 0 Å². The first-order valence-corrected chi connectivity index (χ1v) is 7.99. The number of carbonyl (C=O) groups excluding carboxylic acids is 1. The Bertz CT molecular complexity index is 725. The molecule has 1 aliphatic rings. The van der Waals surface area contributed by atoms with Crippen LogP contribution in [-0.2, 0) is 11.3 Å². The van der Waals surface area contributed by atoms with Crippen LogP contribution in [0.1, 0.15) is 35.2 Å². The molecule has 1 aliphatic carbocycles. The van der Waals surface area contributed by atoms with Crippen LogP contribution in [0.25, 0.3) is 0 Å². The molecule has 1 fully saturated rings. The Hall–Kier alpha value is -2.82. The van der Waals surface area contributed by atoms with E-state index >= 15 is 0 Å². The number of hydrogen-bond acceptors (Lipinski definition) is 3. The molecular weight excluding hydrogens is 306 g/mol. The molecule has 0 heterocycles. The van der Waals surface area contributed by atoms with Gasteiger partial charge >= 0.3 is 12.1 Å². The second kappa shape index (κ2) is 7.17. The fourth-order valence-electron chi connectivity index (χ4n) is 2.74. The lowest BCUT2D eigenvalue weighted by Crippen LogP contribution is -2.45. The molecule has 0 saturated heterocycles. The molecule has 124 valence electrons. The molecule has 2 aromatic carbocycles. The van der Waals surface area contributed by atoms with E-state index in [1.807, 2.05) is 30.3 Å². The molecular formula is C19H19NO4. The smallest absolute Gasteiger partial charge is 0.414 e. The maximum absolute atomic E-state index is 12.6. The Kier molecular flexibility index (Phi) is 4.79. The lowest BCUT2D eigenvalue weighted by atomic mass is 9.91. The molecule has 2 aromatic rings. The topological polar surface area (TPSA) is 66.8 Å². The van der Waals surface area contributed by atoms with Crippen LogP contribution in [0.5, 0.6) is 0 Å². The molecule has 0 spiro atoms. The molecule has 0 radical (unpaired) electrons. The number of benzene rings is 2. The van der Waals surface area contributed by atoms with Crippen LogP contribution in [0.15, 0.2) is 54.6 Å². The van der Waals surface area contributed by atoms with E-state index in [-0.39, 0.29) is 18.2 Å². The van der Waals surface area contributed by atoms with Crippen molar-refractivity contribution in [2.75, 3.05) is 4.90 Å². The Labute approximate surface area is 140 Å². The second-order valence-electron chi connectivity index (χ2n) is 5.82. The van der Waals surface area contributed by atoms with E-state index in [1.165, 1.54) is 11.0 Å². The van der Waals surface area contributed by atoms with E-state index in [1.54, 1.807) is 18.2 Å². The second-order valence-corrected chi connectivity index (χ2v) is 5.82. The van der Waals surface area contributed by atoms with E-state index in [0.717, 1.165) is 24.8 Å². The summed E-state index contributed by atoms with van der Waals surface area (Å²) in [6.07, 6.45) is 2.24. The Morgan fingerprint density at radius 2 is 1.71 bits per heavy atom. The molecule has 1 saturated carbocycles. The predicted molar refractivity (Wildman–Crippen MR) is 90.1 cm³/mol. The van der Waals surface area contributed by atoms with Gasteiger partial charge in [0.2, 0.25) is 0 Å². The van der Waals surface area contributed by atoms with Crippen LogP contribution in [0, 0.1) is 0 Å². The van der Waals surface area contributed by atoms with Crippen molar-refractivity contribution in [1.82, 2.24) is 0 Å². The van der Waals surface area contributed by atoms with Gasteiger partial charge in [-0.05, 0) is 37.0 Å². The summed E-state index contributed by atoms with van der Waals surface area (Å²) >= 11 is 0. The number of aromatic carboxylic acids is 1. The Morgan fingerprint density at radius 1 is 1.04 bits per heavy atom. The van der Waals surface area contributed by atoms with Crippen molar-refractivity contribution in [2.24, 2.45) is 0 Å². The molecule has 24 heavy (non-hydrogen) atoms. The normalized spacial score (nSPS) is 13.8. The van der Waals surface area contributed by atoms with Gasteiger partial charge < -0.3 is 9.84 Å². The minimum atomic E-state index is -1.05. The van der Waals surface area contributed by atoms with Gasteiger partial charge in [-0.1, -0.05) is 42.5 Å².